The average Bonchev–Trinajstić information content (AvgIpc) is 2.39. The highest BCUT2D eigenvalue weighted by molar-refractivity contribution is 5.85. The summed E-state index contributed by atoms with van der Waals surface area (Å²) in [5.41, 5.74) is 2.92. The van der Waals surface area contributed by atoms with Gasteiger partial charge in [-0.25, -0.2) is 10.2 Å². The van der Waals surface area contributed by atoms with Crippen LogP contribution in [0.4, 0.5) is 4.79 Å². The molecule has 1 rings (SSSR count). The Morgan fingerprint density at radius 3 is 2.78 bits per heavy atom. The highest BCUT2D eigenvalue weighted by Crippen LogP contribution is 2.22. The van der Waals surface area contributed by atoms with Crippen molar-refractivity contribution in [2.75, 3.05) is 20.8 Å². The van der Waals surface area contributed by atoms with Gasteiger partial charge in [0.2, 0.25) is 0 Å². The first kappa shape index (κ1) is 13.8. The molecule has 0 radical (unpaired) electrons. The molecule has 18 heavy (non-hydrogen) atoms. The minimum Gasteiger partial charge on any atom is -0.497 e. The minimum absolute atomic E-state index is 0.295. The quantitative estimate of drug-likeness (QED) is 0.640. The third-order valence-corrected chi connectivity index (χ3v) is 2.07. The van der Waals surface area contributed by atoms with E-state index in [0.29, 0.717) is 23.7 Å². The Kier molecular flexibility index (Phi) is 5.50. The second-order valence-corrected chi connectivity index (χ2v) is 3.20. The summed E-state index contributed by atoms with van der Waals surface area (Å²) in [6, 6.07) is 5.27. The molecule has 0 aromatic heterocycles. The van der Waals surface area contributed by atoms with E-state index in [9.17, 15) is 4.79 Å². The van der Waals surface area contributed by atoms with Crippen molar-refractivity contribution in [3.05, 3.63) is 23.8 Å². The predicted molar refractivity (Wildman–Crippen MR) is 67.3 cm³/mol. The van der Waals surface area contributed by atoms with E-state index in [0.717, 1.165) is 0 Å². The molecule has 0 aliphatic heterocycles. The highest BCUT2D eigenvalue weighted by Gasteiger charge is 2.03. The topological polar surface area (TPSA) is 69.2 Å². The summed E-state index contributed by atoms with van der Waals surface area (Å²) in [6.07, 6.45) is 0.855. The lowest BCUT2D eigenvalue weighted by atomic mass is 10.2. The molecule has 0 heterocycles. The number of benzene rings is 1. The van der Waals surface area contributed by atoms with Gasteiger partial charge in [-0.1, -0.05) is 0 Å². The van der Waals surface area contributed by atoms with Gasteiger partial charge in [0.25, 0.3) is 0 Å². The molecule has 6 nitrogen and oxygen atoms in total. The zero-order chi connectivity index (χ0) is 13.4. The summed E-state index contributed by atoms with van der Waals surface area (Å²) in [4.78, 5) is 11.0. The molecule has 6 heteroatoms. The molecule has 0 bridgehead atoms. The van der Waals surface area contributed by atoms with E-state index in [1.54, 1.807) is 39.3 Å². The number of carbonyl (C=O) groups excluding carboxylic acids is 1. The fourth-order valence-corrected chi connectivity index (χ4v) is 1.26. The number of nitrogens with one attached hydrogen (secondary N) is 1. The van der Waals surface area contributed by atoms with Crippen molar-refractivity contribution in [3.8, 4) is 11.5 Å². The van der Waals surface area contributed by atoms with E-state index >= 15 is 0 Å². The molecule has 0 aliphatic carbocycles. The van der Waals surface area contributed by atoms with Gasteiger partial charge in [-0.2, -0.15) is 5.10 Å². The number of methoxy groups -OCH3 is 2. The van der Waals surface area contributed by atoms with E-state index in [1.165, 1.54) is 6.21 Å². The lowest BCUT2D eigenvalue weighted by Gasteiger charge is -2.06. The van der Waals surface area contributed by atoms with Crippen LogP contribution < -0.4 is 14.9 Å². The molecule has 1 aromatic rings. The van der Waals surface area contributed by atoms with Crippen LogP contribution in [-0.4, -0.2) is 33.1 Å². The van der Waals surface area contributed by atoms with Gasteiger partial charge < -0.3 is 14.2 Å². The molecular formula is C12H16N2O4. The van der Waals surface area contributed by atoms with Crippen molar-refractivity contribution in [3.63, 3.8) is 0 Å². The Balaban J connectivity index is 2.75. The minimum atomic E-state index is -0.601. The van der Waals surface area contributed by atoms with E-state index in [2.05, 4.69) is 15.3 Å². The molecule has 98 valence electrons. The maximum absolute atomic E-state index is 11.0. The summed E-state index contributed by atoms with van der Waals surface area (Å²) < 4.78 is 14.9. The second kappa shape index (κ2) is 7.16. The van der Waals surface area contributed by atoms with Crippen LogP contribution in [0.15, 0.2) is 23.3 Å². The van der Waals surface area contributed by atoms with Crippen LogP contribution in [0.1, 0.15) is 12.5 Å². The summed E-state index contributed by atoms with van der Waals surface area (Å²) in [6.45, 7) is 2.01. The van der Waals surface area contributed by atoms with Crippen LogP contribution in [0.25, 0.3) is 0 Å². The Morgan fingerprint density at radius 2 is 2.17 bits per heavy atom. The summed E-state index contributed by atoms with van der Waals surface area (Å²) in [5.74, 6) is 1.30. The molecule has 1 N–H and O–H groups in total. The van der Waals surface area contributed by atoms with Gasteiger partial charge in [-0.15, -0.1) is 0 Å². The molecule has 1 amide bonds. The first-order chi connectivity index (χ1) is 8.71. The van der Waals surface area contributed by atoms with Gasteiger partial charge in [0.1, 0.15) is 11.5 Å². The van der Waals surface area contributed by atoms with Gasteiger partial charge in [0.15, 0.2) is 0 Å². The van der Waals surface area contributed by atoms with E-state index in [1.807, 2.05) is 0 Å². The van der Waals surface area contributed by atoms with Crippen molar-refractivity contribution in [1.82, 2.24) is 5.43 Å². The normalized spacial score (nSPS) is 10.2. The number of nitrogens with zero attached hydrogens (tertiary/aromatic N) is 1. The number of rotatable bonds is 5. The standard InChI is InChI=1S/C12H16N2O4/c1-4-18-12(15)14-13-8-9-7-10(16-2)5-6-11(9)17-3/h5-8H,4H2,1-3H3,(H,14,15). The van der Waals surface area contributed by atoms with Crippen LogP contribution in [-0.2, 0) is 4.74 Å². The predicted octanol–water partition coefficient (Wildman–Crippen LogP) is 1.78. The van der Waals surface area contributed by atoms with Gasteiger partial charge in [-0.05, 0) is 25.1 Å². The molecule has 0 saturated carbocycles. The smallest absolute Gasteiger partial charge is 0.427 e. The highest BCUT2D eigenvalue weighted by atomic mass is 16.5. The Bertz CT molecular complexity index is 432. The van der Waals surface area contributed by atoms with Gasteiger partial charge >= 0.3 is 6.09 Å². The number of hydrogen-bond acceptors (Lipinski definition) is 5. The summed E-state index contributed by atoms with van der Waals surface area (Å²) >= 11 is 0. The third kappa shape index (κ3) is 3.97. The summed E-state index contributed by atoms with van der Waals surface area (Å²) in [7, 11) is 3.12. The van der Waals surface area contributed by atoms with Crippen LogP contribution in [0.5, 0.6) is 11.5 Å². The van der Waals surface area contributed by atoms with Crippen molar-refractivity contribution in [1.29, 1.82) is 0 Å². The van der Waals surface area contributed by atoms with Gasteiger partial charge in [0.05, 0.1) is 27.0 Å². The maximum Gasteiger partial charge on any atom is 0.427 e. The second-order valence-electron chi connectivity index (χ2n) is 3.20. The number of carbonyl (C=O) groups is 1. The van der Waals surface area contributed by atoms with Crippen LogP contribution in [0, 0.1) is 0 Å². The monoisotopic (exact) mass is 252 g/mol. The van der Waals surface area contributed by atoms with E-state index in [4.69, 9.17) is 9.47 Å². The number of ether oxygens (including phenoxy) is 3. The molecule has 0 saturated heterocycles. The molecular weight excluding hydrogens is 236 g/mol. The fraction of sp³-hybridized carbons (Fsp3) is 0.333. The van der Waals surface area contributed by atoms with Gasteiger partial charge in [-0.3, -0.25) is 0 Å². The van der Waals surface area contributed by atoms with Crippen molar-refractivity contribution in [2.45, 2.75) is 6.92 Å². The Morgan fingerprint density at radius 1 is 1.39 bits per heavy atom. The van der Waals surface area contributed by atoms with E-state index < -0.39 is 6.09 Å². The zero-order valence-corrected chi connectivity index (χ0v) is 10.6. The van der Waals surface area contributed by atoms with Gasteiger partial charge in [0, 0.05) is 5.56 Å². The molecule has 0 fully saturated rings. The molecule has 1 aromatic carbocycles. The summed E-state index contributed by atoms with van der Waals surface area (Å²) in [5, 5.41) is 3.76. The number of hydrazone groups is 1. The molecule has 0 atom stereocenters. The Labute approximate surface area is 106 Å². The van der Waals surface area contributed by atoms with Crippen molar-refractivity contribution in [2.24, 2.45) is 5.10 Å². The molecule has 0 aliphatic rings. The number of hydrogen-bond donors (Lipinski definition) is 1. The molecule has 0 spiro atoms. The van der Waals surface area contributed by atoms with Crippen LogP contribution in [0.3, 0.4) is 0 Å². The van der Waals surface area contributed by atoms with E-state index in [-0.39, 0.29) is 0 Å². The zero-order valence-electron chi connectivity index (χ0n) is 10.6. The first-order valence-electron chi connectivity index (χ1n) is 5.39. The lowest BCUT2D eigenvalue weighted by molar-refractivity contribution is 0.152. The SMILES string of the molecule is CCOC(=O)NN=Cc1cc(OC)ccc1OC. The first-order valence-corrected chi connectivity index (χ1v) is 5.39. The average molecular weight is 252 g/mol. The van der Waals surface area contributed by atoms with Crippen molar-refractivity contribution >= 4 is 12.3 Å². The van der Waals surface area contributed by atoms with Crippen molar-refractivity contribution < 1.29 is 19.0 Å². The lowest BCUT2D eigenvalue weighted by Crippen LogP contribution is -2.18. The maximum atomic E-state index is 11.0. The van der Waals surface area contributed by atoms with Crippen LogP contribution >= 0.6 is 0 Å². The molecule has 0 unspecified atom stereocenters. The Hall–Kier alpha value is -2.24. The number of amides is 1. The largest absolute Gasteiger partial charge is 0.497 e. The van der Waals surface area contributed by atoms with Crippen LogP contribution in [0.2, 0.25) is 0 Å². The third-order valence-electron chi connectivity index (χ3n) is 2.07. The fourth-order valence-electron chi connectivity index (χ4n) is 1.26.